The molecule has 1 aromatic carbocycles. The van der Waals surface area contributed by atoms with Crippen LogP contribution in [0, 0.1) is 0 Å². The van der Waals surface area contributed by atoms with Crippen LogP contribution in [-0.4, -0.2) is 18.7 Å². The van der Waals surface area contributed by atoms with Gasteiger partial charge in [-0.3, -0.25) is 0 Å². The number of benzene rings is 1. The minimum atomic E-state index is -3.61. The van der Waals surface area contributed by atoms with Crippen molar-refractivity contribution in [3.8, 4) is 0 Å². The van der Waals surface area contributed by atoms with Crippen LogP contribution in [0.2, 0.25) is 5.02 Å². The minimum Gasteiger partial charge on any atom is -0.392 e. The molecule has 4 nitrogen and oxygen atoms in total. The third-order valence-electron chi connectivity index (χ3n) is 2.78. The van der Waals surface area contributed by atoms with Gasteiger partial charge in [0.1, 0.15) is 5.25 Å². The van der Waals surface area contributed by atoms with E-state index in [0.29, 0.717) is 17.0 Å². The van der Waals surface area contributed by atoms with Crippen LogP contribution >= 0.6 is 23.8 Å². The molecule has 106 valence electrons. The molecule has 1 rings (SSSR count). The highest BCUT2D eigenvalue weighted by Crippen LogP contribution is 2.23. The Morgan fingerprint density at radius 2 is 2.05 bits per heavy atom. The van der Waals surface area contributed by atoms with E-state index in [4.69, 9.17) is 29.6 Å². The summed E-state index contributed by atoms with van der Waals surface area (Å²) in [6.07, 6.45) is 0.333. The standard InChI is InChI=1S/C12H17ClN2O2S2/c1-3-11(12(14)18)19(16,17)15-8(2)9-6-4-5-7-10(9)13/h4-8,11,15H,3H2,1-2H3,(H2,14,18). The number of halogens is 1. The van der Waals surface area contributed by atoms with Crippen molar-refractivity contribution in [1.82, 2.24) is 4.72 Å². The molecule has 2 atom stereocenters. The molecular formula is C12H17ClN2O2S2. The zero-order valence-corrected chi connectivity index (χ0v) is 13.1. The quantitative estimate of drug-likeness (QED) is 0.789. The summed E-state index contributed by atoms with van der Waals surface area (Å²) >= 11 is 10.8. The van der Waals surface area contributed by atoms with Crippen molar-refractivity contribution in [2.75, 3.05) is 0 Å². The summed E-state index contributed by atoms with van der Waals surface area (Å²) in [5, 5.41) is -0.353. The van der Waals surface area contributed by atoms with Gasteiger partial charge in [-0.1, -0.05) is 48.9 Å². The number of hydrogen-bond acceptors (Lipinski definition) is 3. The highest BCUT2D eigenvalue weighted by Gasteiger charge is 2.28. The average molecular weight is 321 g/mol. The molecule has 2 unspecified atom stereocenters. The summed E-state index contributed by atoms with van der Waals surface area (Å²) in [5.41, 5.74) is 6.18. The zero-order valence-electron chi connectivity index (χ0n) is 10.8. The normalized spacial score (nSPS) is 14.9. The molecule has 0 aliphatic heterocycles. The van der Waals surface area contributed by atoms with Crippen LogP contribution in [-0.2, 0) is 10.0 Å². The van der Waals surface area contributed by atoms with E-state index < -0.39 is 21.3 Å². The van der Waals surface area contributed by atoms with Crippen molar-refractivity contribution in [2.45, 2.75) is 31.6 Å². The van der Waals surface area contributed by atoms with Crippen LogP contribution in [0.1, 0.15) is 31.9 Å². The molecule has 0 aromatic heterocycles. The molecule has 0 heterocycles. The molecular weight excluding hydrogens is 304 g/mol. The monoisotopic (exact) mass is 320 g/mol. The maximum Gasteiger partial charge on any atom is 0.221 e. The van der Waals surface area contributed by atoms with Gasteiger partial charge in [0.25, 0.3) is 0 Å². The Labute approximate surface area is 124 Å². The lowest BCUT2D eigenvalue weighted by atomic mass is 10.1. The summed E-state index contributed by atoms with van der Waals surface area (Å²) in [6.45, 7) is 3.45. The molecule has 0 saturated heterocycles. The minimum absolute atomic E-state index is 0.0265. The lowest BCUT2D eigenvalue weighted by Crippen LogP contribution is -2.42. The van der Waals surface area contributed by atoms with Crippen LogP contribution in [0.25, 0.3) is 0 Å². The number of sulfonamides is 1. The molecule has 19 heavy (non-hydrogen) atoms. The van der Waals surface area contributed by atoms with Crippen LogP contribution < -0.4 is 10.5 Å². The first-order valence-electron chi connectivity index (χ1n) is 5.84. The van der Waals surface area contributed by atoms with E-state index in [1.807, 2.05) is 0 Å². The van der Waals surface area contributed by atoms with Gasteiger partial charge >= 0.3 is 0 Å². The fourth-order valence-electron chi connectivity index (χ4n) is 1.79. The van der Waals surface area contributed by atoms with Crippen molar-refractivity contribution in [3.63, 3.8) is 0 Å². The van der Waals surface area contributed by atoms with E-state index in [-0.39, 0.29) is 4.99 Å². The lowest BCUT2D eigenvalue weighted by molar-refractivity contribution is 0.560. The Hall–Kier alpha value is -0.690. The first-order chi connectivity index (χ1) is 8.79. The molecule has 0 amide bonds. The van der Waals surface area contributed by atoms with Gasteiger partial charge in [-0.2, -0.15) is 0 Å². The molecule has 0 spiro atoms. The third kappa shape index (κ3) is 4.14. The highest BCUT2D eigenvalue weighted by atomic mass is 35.5. The summed E-state index contributed by atoms with van der Waals surface area (Å²) < 4.78 is 26.9. The molecule has 0 aliphatic carbocycles. The van der Waals surface area contributed by atoms with E-state index in [0.717, 1.165) is 0 Å². The van der Waals surface area contributed by atoms with Gasteiger partial charge in [0.2, 0.25) is 10.0 Å². The molecule has 0 aliphatic rings. The largest absolute Gasteiger partial charge is 0.392 e. The number of hydrogen-bond donors (Lipinski definition) is 2. The maximum atomic E-state index is 12.2. The van der Waals surface area contributed by atoms with E-state index in [9.17, 15) is 8.42 Å². The Morgan fingerprint density at radius 3 is 2.53 bits per heavy atom. The van der Waals surface area contributed by atoms with Crippen LogP contribution in [0.15, 0.2) is 24.3 Å². The fraction of sp³-hybridized carbons (Fsp3) is 0.417. The Morgan fingerprint density at radius 1 is 1.47 bits per heavy atom. The number of thiocarbonyl (C=S) groups is 1. The number of nitrogens with two attached hydrogens (primary N) is 1. The number of rotatable bonds is 6. The highest BCUT2D eigenvalue weighted by molar-refractivity contribution is 7.93. The summed E-state index contributed by atoms with van der Waals surface area (Å²) in [5.74, 6) is 0. The molecule has 0 bridgehead atoms. The first kappa shape index (κ1) is 16.4. The van der Waals surface area contributed by atoms with Gasteiger partial charge in [-0.05, 0) is 25.0 Å². The molecule has 0 radical (unpaired) electrons. The number of nitrogens with one attached hydrogen (secondary N) is 1. The molecule has 1 aromatic rings. The summed E-state index contributed by atoms with van der Waals surface area (Å²) in [6, 6.07) is 6.64. The topological polar surface area (TPSA) is 72.2 Å². The Balaban J connectivity index is 2.96. The average Bonchev–Trinajstić information content (AvgIpc) is 2.28. The van der Waals surface area contributed by atoms with Gasteiger partial charge in [0.05, 0.1) is 4.99 Å². The summed E-state index contributed by atoms with van der Waals surface area (Å²) in [4.78, 5) is -0.0265. The van der Waals surface area contributed by atoms with Gasteiger partial charge in [0, 0.05) is 11.1 Å². The smallest absolute Gasteiger partial charge is 0.221 e. The Kier molecular flexibility index (Phi) is 5.73. The fourth-order valence-corrected chi connectivity index (χ4v) is 4.17. The van der Waals surface area contributed by atoms with Crippen molar-refractivity contribution in [2.24, 2.45) is 5.73 Å². The first-order valence-corrected chi connectivity index (χ1v) is 8.17. The van der Waals surface area contributed by atoms with Crippen molar-refractivity contribution in [1.29, 1.82) is 0 Å². The van der Waals surface area contributed by atoms with Crippen LogP contribution in [0.4, 0.5) is 0 Å². The molecule has 0 saturated carbocycles. The summed E-state index contributed by atoms with van der Waals surface area (Å²) in [7, 11) is -3.61. The van der Waals surface area contributed by atoms with Crippen molar-refractivity contribution in [3.05, 3.63) is 34.9 Å². The van der Waals surface area contributed by atoms with Crippen molar-refractivity contribution >= 4 is 38.8 Å². The van der Waals surface area contributed by atoms with Gasteiger partial charge < -0.3 is 5.73 Å². The van der Waals surface area contributed by atoms with Gasteiger partial charge in [0.15, 0.2) is 0 Å². The van der Waals surface area contributed by atoms with Crippen LogP contribution in [0.3, 0.4) is 0 Å². The predicted octanol–water partition coefficient (Wildman–Crippen LogP) is 2.39. The second-order valence-electron chi connectivity index (χ2n) is 4.21. The zero-order chi connectivity index (χ0) is 14.6. The van der Waals surface area contributed by atoms with Gasteiger partial charge in [-0.15, -0.1) is 0 Å². The Bertz CT molecular complexity index is 561. The molecule has 0 fully saturated rings. The predicted molar refractivity (Wildman–Crippen MR) is 82.8 cm³/mol. The second-order valence-corrected chi connectivity index (χ2v) is 6.98. The SMILES string of the molecule is CCC(C(N)=S)S(=O)(=O)NC(C)c1ccccc1Cl. The maximum absolute atomic E-state index is 12.2. The lowest BCUT2D eigenvalue weighted by Gasteiger charge is -2.20. The van der Waals surface area contributed by atoms with Crippen LogP contribution in [0.5, 0.6) is 0 Å². The van der Waals surface area contributed by atoms with E-state index in [2.05, 4.69) is 4.72 Å². The third-order valence-corrected chi connectivity index (χ3v) is 5.57. The molecule has 7 heteroatoms. The van der Waals surface area contributed by atoms with Crippen molar-refractivity contribution < 1.29 is 8.42 Å². The molecule has 3 N–H and O–H groups in total. The van der Waals surface area contributed by atoms with E-state index in [1.165, 1.54) is 0 Å². The van der Waals surface area contributed by atoms with E-state index >= 15 is 0 Å². The van der Waals surface area contributed by atoms with E-state index in [1.54, 1.807) is 38.1 Å². The second kappa shape index (κ2) is 6.65. The van der Waals surface area contributed by atoms with Gasteiger partial charge in [-0.25, -0.2) is 13.1 Å².